The first kappa shape index (κ1) is 41.0. The average molecular weight is 809 g/mol. The maximum atomic E-state index is 13.8. The number of ether oxygens (including phenoxy) is 7. The molecule has 4 heterocycles. The van der Waals surface area contributed by atoms with Gasteiger partial charge < -0.3 is 63.8 Å². The monoisotopic (exact) mass is 808 g/mol. The molecule has 8 rings (SSSR count). The van der Waals surface area contributed by atoms with Crippen LogP contribution in [0.3, 0.4) is 0 Å². The van der Waals surface area contributed by atoms with Crippen molar-refractivity contribution in [3.8, 4) is 17.2 Å². The molecule has 4 aliphatic heterocycles. The molecule has 0 radical (unpaired) electrons. The average Bonchev–Trinajstić information content (AvgIpc) is 3.16. The van der Waals surface area contributed by atoms with E-state index in [9.17, 15) is 40.2 Å². The molecule has 0 spiro atoms. The van der Waals surface area contributed by atoms with E-state index in [0.29, 0.717) is 42.0 Å². The van der Waals surface area contributed by atoms with Crippen LogP contribution in [0.4, 0.5) is 0 Å². The first-order chi connectivity index (χ1) is 27.6. The number of ketones is 2. The minimum absolute atomic E-state index is 0.124. The zero-order valence-corrected chi connectivity index (χ0v) is 33.1. The Morgan fingerprint density at radius 3 is 1.95 bits per heavy atom. The van der Waals surface area contributed by atoms with E-state index in [1.54, 1.807) is 26.8 Å². The van der Waals surface area contributed by atoms with E-state index in [0.717, 1.165) is 17.7 Å². The zero-order chi connectivity index (χ0) is 41.3. The van der Waals surface area contributed by atoms with Crippen molar-refractivity contribution < 1.29 is 73.4 Å². The van der Waals surface area contributed by atoms with Gasteiger partial charge in [-0.05, 0) is 88.2 Å². The quantitative estimate of drug-likeness (QED) is 0.143. The van der Waals surface area contributed by atoms with E-state index in [1.165, 1.54) is 6.07 Å². The Bertz CT molecular complexity index is 2070. The van der Waals surface area contributed by atoms with E-state index in [-0.39, 0.29) is 53.4 Å². The summed E-state index contributed by atoms with van der Waals surface area (Å²) in [6.45, 7) is 9.00. The first-order valence-corrected chi connectivity index (χ1v) is 20.1. The number of rotatable bonds is 7. The lowest BCUT2D eigenvalue weighted by Gasteiger charge is -2.44. The summed E-state index contributed by atoms with van der Waals surface area (Å²) in [5.74, 6) is -2.90. The molecule has 5 aliphatic rings. The van der Waals surface area contributed by atoms with Crippen molar-refractivity contribution in [1.82, 2.24) is 0 Å². The third kappa shape index (κ3) is 7.62. The summed E-state index contributed by atoms with van der Waals surface area (Å²) < 4.78 is 43.6. The Morgan fingerprint density at radius 1 is 0.621 bits per heavy atom. The van der Waals surface area contributed by atoms with Crippen LogP contribution in [0, 0.1) is 6.92 Å². The van der Waals surface area contributed by atoms with Crippen molar-refractivity contribution in [3.63, 3.8) is 0 Å². The number of carbonyl (C=O) groups excluding carboxylic acids is 2. The molecule has 314 valence electrons. The number of phenols is 3. The first-order valence-electron chi connectivity index (χ1n) is 20.1. The van der Waals surface area contributed by atoms with Crippen LogP contribution in [0.5, 0.6) is 17.2 Å². The fraction of sp³-hybridized carbons (Fsp3) is 0.581. The van der Waals surface area contributed by atoms with Crippen molar-refractivity contribution in [2.24, 2.45) is 0 Å². The summed E-state index contributed by atoms with van der Waals surface area (Å²) in [5, 5.41) is 65.7. The SMILES string of the molecule is Cc1cc([C@H]2C[C@@H](O[C@@H]3C[C@H](O[C@H]4C[C@@H](O[C@@H]5CC[C@@H](O)[C@@H](C)O5)[C@@H](O)[C@@H](C)O4)C[C@H](C)O3)[C@@H](O)[C@@H](C)O2)c2cc3c(c(O)c2c1)C(=O)c1c(O)ccc(O)c1C3=O. The van der Waals surface area contributed by atoms with Gasteiger partial charge in [0, 0.05) is 36.6 Å². The second-order valence-electron chi connectivity index (χ2n) is 16.5. The number of carbonyl (C=O) groups is 2. The zero-order valence-electron chi connectivity index (χ0n) is 33.1. The largest absolute Gasteiger partial charge is 0.507 e. The highest BCUT2D eigenvalue weighted by Crippen LogP contribution is 2.46. The van der Waals surface area contributed by atoms with Gasteiger partial charge in [0.15, 0.2) is 24.7 Å². The number of aliphatic hydroxyl groups excluding tert-OH is 3. The van der Waals surface area contributed by atoms with E-state index >= 15 is 0 Å². The molecule has 0 aromatic heterocycles. The summed E-state index contributed by atoms with van der Waals surface area (Å²) in [7, 11) is 0. The molecular formula is C43H52O15. The Hall–Kier alpha value is -3.74. The molecule has 4 fully saturated rings. The van der Waals surface area contributed by atoms with Gasteiger partial charge in [0.25, 0.3) is 0 Å². The summed E-state index contributed by atoms with van der Waals surface area (Å²) >= 11 is 0. The van der Waals surface area contributed by atoms with Crippen molar-refractivity contribution in [3.05, 3.63) is 63.7 Å². The summed E-state index contributed by atoms with van der Waals surface area (Å²) in [4.78, 5) is 27.5. The topological polar surface area (TPSA) is 220 Å². The van der Waals surface area contributed by atoms with Gasteiger partial charge in [-0.15, -0.1) is 0 Å². The van der Waals surface area contributed by atoms with Gasteiger partial charge in [-0.2, -0.15) is 0 Å². The maximum absolute atomic E-state index is 13.8. The highest BCUT2D eigenvalue weighted by atomic mass is 16.7. The van der Waals surface area contributed by atoms with E-state index in [2.05, 4.69) is 0 Å². The van der Waals surface area contributed by atoms with Crippen LogP contribution in [0.1, 0.15) is 115 Å². The Kier molecular flexibility index (Phi) is 11.3. The summed E-state index contributed by atoms with van der Waals surface area (Å²) in [5.41, 5.74) is 0.229. The van der Waals surface area contributed by atoms with E-state index < -0.39 is 96.5 Å². The fourth-order valence-corrected chi connectivity index (χ4v) is 9.15. The van der Waals surface area contributed by atoms with E-state index in [4.69, 9.17) is 33.2 Å². The van der Waals surface area contributed by atoms with Crippen molar-refractivity contribution in [2.75, 3.05) is 0 Å². The number of hydrogen-bond donors (Lipinski definition) is 6. The molecule has 4 saturated heterocycles. The minimum Gasteiger partial charge on any atom is -0.507 e. The third-order valence-electron chi connectivity index (χ3n) is 12.2. The van der Waals surface area contributed by atoms with Gasteiger partial charge in [0.1, 0.15) is 29.5 Å². The Labute approximate surface area is 335 Å². The minimum atomic E-state index is -1.03. The van der Waals surface area contributed by atoms with Gasteiger partial charge in [-0.25, -0.2) is 0 Å². The molecule has 0 unspecified atom stereocenters. The third-order valence-corrected chi connectivity index (χ3v) is 12.2. The highest BCUT2D eigenvalue weighted by molar-refractivity contribution is 6.32. The standard InChI is InChI=1S/C43H52O15/c1-17-10-24(23-14-26-36(41(49)25(23)11-17)43(51)38-29(46)7-6-28(45)37(38)42(26)50)30-15-31(39(47)20(4)53-30)58-34-13-22(12-18(2)52-34)56-35-16-32(40(48)21(5)55-35)57-33-9-8-27(44)19(3)54-33/h6-7,10-11,14,18-22,27,30-35,39-40,44-49H,8-9,12-13,15-16H2,1-5H3/t18-,19+,20+,21+,22+,27+,30+,31+,32+,33+,34+,35-,39-,40-/m0/s1. The van der Waals surface area contributed by atoms with Crippen LogP contribution in [0.2, 0.25) is 0 Å². The van der Waals surface area contributed by atoms with Crippen molar-refractivity contribution in [1.29, 1.82) is 0 Å². The van der Waals surface area contributed by atoms with Gasteiger partial charge in [0.05, 0.1) is 71.6 Å². The number of benzene rings is 3. The van der Waals surface area contributed by atoms with Crippen LogP contribution >= 0.6 is 0 Å². The molecule has 0 amide bonds. The molecule has 3 aromatic carbocycles. The van der Waals surface area contributed by atoms with Crippen molar-refractivity contribution >= 4 is 22.3 Å². The van der Waals surface area contributed by atoms with Crippen LogP contribution in [-0.2, 0) is 33.2 Å². The molecule has 1 aliphatic carbocycles. The number of phenolic OH excluding ortho intramolecular Hbond substituents is 3. The van der Waals surface area contributed by atoms with Gasteiger partial charge in [0.2, 0.25) is 5.78 Å². The number of fused-ring (bicyclic) bond motifs is 3. The Balaban J connectivity index is 0.995. The number of hydrogen-bond acceptors (Lipinski definition) is 15. The molecule has 3 aromatic rings. The highest BCUT2D eigenvalue weighted by Gasteiger charge is 2.44. The lowest BCUT2D eigenvalue weighted by atomic mass is 9.80. The lowest BCUT2D eigenvalue weighted by molar-refractivity contribution is -0.317. The smallest absolute Gasteiger partial charge is 0.202 e. The second-order valence-corrected chi connectivity index (χ2v) is 16.5. The number of aromatic hydroxyl groups is 3. The molecule has 0 bridgehead atoms. The second kappa shape index (κ2) is 16.0. The summed E-state index contributed by atoms with van der Waals surface area (Å²) in [6.07, 6.45) is -6.51. The molecular weight excluding hydrogens is 756 g/mol. The predicted molar refractivity (Wildman–Crippen MR) is 204 cm³/mol. The maximum Gasteiger partial charge on any atom is 0.202 e. The van der Waals surface area contributed by atoms with Crippen LogP contribution in [0.15, 0.2) is 30.3 Å². The molecule has 58 heavy (non-hydrogen) atoms. The molecule has 14 atom stereocenters. The summed E-state index contributed by atoms with van der Waals surface area (Å²) in [6, 6.07) is 7.31. The Morgan fingerprint density at radius 2 is 1.24 bits per heavy atom. The predicted octanol–water partition coefficient (Wildman–Crippen LogP) is 4.31. The number of aryl methyl sites for hydroxylation is 1. The normalized spacial score (nSPS) is 36.8. The molecule has 15 nitrogen and oxygen atoms in total. The molecule has 15 heteroatoms. The lowest BCUT2D eigenvalue weighted by Crippen LogP contribution is -2.52. The fourth-order valence-electron chi connectivity index (χ4n) is 9.15. The van der Waals surface area contributed by atoms with E-state index in [1.807, 2.05) is 19.9 Å². The van der Waals surface area contributed by atoms with Gasteiger partial charge in [-0.1, -0.05) is 6.07 Å². The van der Waals surface area contributed by atoms with Crippen molar-refractivity contribution in [2.45, 2.75) is 159 Å². The van der Waals surface area contributed by atoms with Crippen LogP contribution in [-0.4, -0.2) is 122 Å². The van der Waals surface area contributed by atoms with Gasteiger partial charge >= 0.3 is 0 Å². The molecule has 6 N–H and O–H groups in total. The van der Waals surface area contributed by atoms with Gasteiger partial charge in [-0.3, -0.25) is 9.59 Å². The number of aliphatic hydroxyl groups is 3. The molecule has 0 saturated carbocycles. The van der Waals surface area contributed by atoms with Crippen LogP contribution < -0.4 is 0 Å². The van der Waals surface area contributed by atoms with Crippen LogP contribution in [0.25, 0.3) is 10.8 Å².